The first-order chi connectivity index (χ1) is 13.4. The number of methoxy groups -OCH3 is 1. The molecule has 8 nitrogen and oxygen atoms in total. The van der Waals surface area contributed by atoms with Crippen molar-refractivity contribution < 1.29 is 14.3 Å². The quantitative estimate of drug-likeness (QED) is 0.786. The third-order valence-corrected chi connectivity index (χ3v) is 4.80. The number of anilines is 2. The first-order valence-corrected chi connectivity index (χ1v) is 9.30. The summed E-state index contributed by atoms with van der Waals surface area (Å²) >= 11 is 0. The molecule has 28 heavy (non-hydrogen) atoms. The molecule has 0 bridgehead atoms. The molecule has 0 aliphatic carbocycles. The lowest BCUT2D eigenvalue weighted by atomic mass is 10.1. The predicted molar refractivity (Wildman–Crippen MR) is 108 cm³/mol. The van der Waals surface area contributed by atoms with Gasteiger partial charge in [0.05, 0.1) is 37.1 Å². The van der Waals surface area contributed by atoms with Crippen LogP contribution in [-0.2, 0) is 16.1 Å². The Morgan fingerprint density at radius 3 is 2.89 bits per heavy atom. The lowest BCUT2D eigenvalue weighted by molar-refractivity contribution is -0.122. The molecule has 1 aromatic carbocycles. The van der Waals surface area contributed by atoms with Gasteiger partial charge in [0.25, 0.3) is 0 Å². The summed E-state index contributed by atoms with van der Waals surface area (Å²) in [6, 6.07) is 5.68. The molecule has 1 saturated heterocycles. The molecule has 8 heteroatoms. The van der Waals surface area contributed by atoms with Gasteiger partial charge in [-0.15, -0.1) is 0 Å². The smallest absolute Gasteiger partial charge is 0.229 e. The molecule has 0 spiro atoms. The van der Waals surface area contributed by atoms with Crippen molar-refractivity contribution in [1.82, 2.24) is 14.7 Å². The summed E-state index contributed by atoms with van der Waals surface area (Å²) in [5.41, 5.74) is 2.38. The molecule has 1 fully saturated rings. The lowest BCUT2D eigenvalue weighted by Gasteiger charge is -2.20. The third-order valence-electron chi connectivity index (χ3n) is 4.80. The number of carbonyl (C=O) groups is 2. The van der Waals surface area contributed by atoms with Crippen molar-refractivity contribution in [3.63, 3.8) is 0 Å². The summed E-state index contributed by atoms with van der Waals surface area (Å²) in [5, 5.41) is 7.14. The van der Waals surface area contributed by atoms with E-state index in [1.165, 1.54) is 0 Å². The van der Waals surface area contributed by atoms with Gasteiger partial charge < -0.3 is 19.9 Å². The van der Waals surface area contributed by atoms with Crippen LogP contribution >= 0.6 is 0 Å². The summed E-state index contributed by atoms with van der Waals surface area (Å²) in [4.78, 5) is 28.9. The summed E-state index contributed by atoms with van der Waals surface area (Å²) in [7, 11) is 5.57. The molecule has 2 aromatic rings. The molecule has 1 N–H and O–H groups in total. The number of hydrogen-bond donors (Lipinski definition) is 1. The number of amides is 2. The Balaban J connectivity index is 1.65. The highest BCUT2D eigenvalue weighted by Crippen LogP contribution is 2.34. The molecule has 1 aliphatic heterocycles. The monoisotopic (exact) mass is 385 g/mol. The lowest BCUT2D eigenvalue weighted by Crippen LogP contribution is -2.28. The van der Waals surface area contributed by atoms with Crippen LogP contribution < -0.4 is 15.0 Å². The van der Waals surface area contributed by atoms with Crippen molar-refractivity contribution in [3.05, 3.63) is 36.2 Å². The number of ether oxygens (including phenoxy) is 1. The van der Waals surface area contributed by atoms with Gasteiger partial charge in [-0.25, -0.2) is 0 Å². The minimum atomic E-state index is -0.414. The second-order valence-corrected chi connectivity index (χ2v) is 7.37. The van der Waals surface area contributed by atoms with E-state index in [2.05, 4.69) is 15.3 Å². The molecule has 1 aromatic heterocycles. The van der Waals surface area contributed by atoms with Gasteiger partial charge in [-0.3, -0.25) is 14.3 Å². The number of nitrogens with zero attached hydrogens (tertiary/aromatic N) is 4. The van der Waals surface area contributed by atoms with Crippen LogP contribution in [0.25, 0.3) is 0 Å². The van der Waals surface area contributed by atoms with Crippen LogP contribution in [0.2, 0.25) is 0 Å². The Kier molecular flexibility index (Phi) is 5.99. The van der Waals surface area contributed by atoms with Crippen LogP contribution in [0.4, 0.5) is 11.4 Å². The average Bonchev–Trinajstić information content (AvgIpc) is 3.26. The molecule has 1 unspecified atom stereocenters. The maximum Gasteiger partial charge on any atom is 0.229 e. The van der Waals surface area contributed by atoms with Crippen molar-refractivity contribution in [2.75, 3.05) is 44.5 Å². The van der Waals surface area contributed by atoms with E-state index in [-0.39, 0.29) is 18.2 Å². The van der Waals surface area contributed by atoms with Crippen LogP contribution in [0.3, 0.4) is 0 Å². The summed E-state index contributed by atoms with van der Waals surface area (Å²) in [6.45, 7) is 3.89. The fourth-order valence-corrected chi connectivity index (χ4v) is 3.22. The first kappa shape index (κ1) is 19.9. The molecule has 3 rings (SSSR count). The van der Waals surface area contributed by atoms with Crippen molar-refractivity contribution in [3.8, 4) is 5.75 Å². The maximum absolute atomic E-state index is 12.7. The van der Waals surface area contributed by atoms with Crippen LogP contribution in [0.5, 0.6) is 5.75 Å². The van der Waals surface area contributed by atoms with Gasteiger partial charge in [0.1, 0.15) is 5.75 Å². The molecule has 2 amide bonds. The number of nitrogens with one attached hydrogen (secondary N) is 1. The largest absolute Gasteiger partial charge is 0.495 e. The van der Waals surface area contributed by atoms with Gasteiger partial charge in [-0.2, -0.15) is 5.10 Å². The Bertz CT molecular complexity index is 861. The van der Waals surface area contributed by atoms with Crippen molar-refractivity contribution in [1.29, 1.82) is 0 Å². The zero-order valence-corrected chi connectivity index (χ0v) is 16.8. The van der Waals surface area contributed by atoms with Gasteiger partial charge in [0.2, 0.25) is 11.8 Å². The number of benzene rings is 1. The van der Waals surface area contributed by atoms with E-state index in [4.69, 9.17) is 4.74 Å². The van der Waals surface area contributed by atoms with Crippen molar-refractivity contribution in [2.24, 2.45) is 5.92 Å². The van der Waals surface area contributed by atoms with E-state index in [0.717, 1.165) is 18.7 Å². The van der Waals surface area contributed by atoms with Crippen LogP contribution in [0.1, 0.15) is 12.0 Å². The zero-order valence-electron chi connectivity index (χ0n) is 16.8. The zero-order chi connectivity index (χ0) is 20.3. The molecule has 2 heterocycles. The Labute approximate surface area is 165 Å². The van der Waals surface area contributed by atoms with Gasteiger partial charge in [0.15, 0.2) is 0 Å². The third kappa shape index (κ3) is 4.51. The van der Waals surface area contributed by atoms with E-state index < -0.39 is 5.92 Å². The highest BCUT2D eigenvalue weighted by Gasteiger charge is 2.36. The Morgan fingerprint density at radius 2 is 2.18 bits per heavy atom. The van der Waals surface area contributed by atoms with Crippen molar-refractivity contribution >= 4 is 23.2 Å². The molecule has 0 saturated carbocycles. The number of hydrogen-bond acceptors (Lipinski definition) is 5. The predicted octanol–water partition coefficient (Wildman–Crippen LogP) is 1.75. The second-order valence-electron chi connectivity index (χ2n) is 7.37. The van der Waals surface area contributed by atoms with Crippen LogP contribution in [0.15, 0.2) is 30.6 Å². The van der Waals surface area contributed by atoms with Crippen LogP contribution in [-0.4, -0.2) is 60.8 Å². The van der Waals surface area contributed by atoms with Gasteiger partial charge >= 0.3 is 0 Å². The SMILES string of the molecule is COc1ccc(C)cc1N1CC(C(=O)Nc2cnn(CCN(C)C)c2)CC1=O. The highest BCUT2D eigenvalue weighted by atomic mass is 16.5. The van der Waals surface area contributed by atoms with Gasteiger partial charge in [-0.05, 0) is 38.7 Å². The molecule has 1 atom stereocenters. The summed E-state index contributed by atoms with van der Waals surface area (Å²) < 4.78 is 7.18. The fraction of sp³-hybridized carbons (Fsp3) is 0.450. The van der Waals surface area contributed by atoms with E-state index in [1.807, 2.05) is 39.2 Å². The average molecular weight is 385 g/mol. The number of aromatic nitrogens is 2. The molecule has 1 aliphatic rings. The van der Waals surface area contributed by atoms with Gasteiger partial charge in [0, 0.05) is 25.7 Å². The van der Waals surface area contributed by atoms with E-state index >= 15 is 0 Å². The topological polar surface area (TPSA) is 79.7 Å². The van der Waals surface area contributed by atoms with Gasteiger partial charge in [-0.1, -0.05) is 6.07 Å². The number of likely N-dealkylation sites (N-methyl/N-ethyl adjacent to an activating group) is 1. The molecular formula is C20H27N5O3. The number of rotatable bonds is 7. The standard InChI is InChI=1S/C20H27N5O3/c1-14-5-6-18(28-4)17(9-14)25-12-15(10-19(25)26)20(27)22-16-11-21-24(13-16)8-7-23(2)3/h5-6,9,11,13,15H,7-8,10,12H2,1-4H3,(H,22,27). The first-order valence-electron chi connectivity index (χ1n) is 9.30. The number of aryl methyl sites for hydroxylation is 1. The number of carbonyl (C=O) groups excluding carboxylic acids is 2. The molecular weight excluding hydrogens is 358 g/mol. The highest BCUT2D eigenvalue weighted by molar-refractivity contribution is 6.04. The minimum absolute atomic E-state index is 0.0780. The normalized spacial score (nSPS) is 16.7. The molecule has 150 valence electrons. The second kappa shape index (κ2) is 8.43. The van der Waals surface area contributed by atoms with Crippen molar-refractivity contribution in [2.45, 2.75) is 19.9 Å². The van der Waals surface area contributed by atoms with Crippen LogP contribution in [0, 0.1) is 12.8 Å². The maximum atomic E-state index is 12.7. The Morgan fingerprint density at radius 1 is 1.39 bits per heavy atom. The van der Waals surface area contributed by atoms with E-state index in [0.29, 0.717) is 23.7 Å². The van der Waals surface area contributed by atoms with E-state index in [9.17, 15) is 9.59 Å². The summed E-state index contributed by atoms with van der Waals surface area (Å²) in [6.07, 6.45) is 3.61. The fourth-order valence-electron chi connectivity index (χ4n) is 3.22. The minimum Gasteiger partial charge on any atom is -0.495 e. The molecule has 0 radical (unpaired) electrons. The Hall–Kier alpha value is -2.87. The summed E-state index contributed by atoms with van der Waals surface area (Å²) in [5.74, 6) is -0.0367. The van der Waals surface area contributed by atoms with E-state index in [1.54, 1.807) is 29.1 Å².